The summed E-state index contributed by atoms with van der Waals surface area (Å²) in [5.41, 5.74) is 2.60. The quantitative estimate of drug-likeness (QED) is 0.890. The number of benzene rings is 2. The molecule has 3 nitrogen and oxygen atoms in total. The predicted molar refractivity (Wildman–Crippen MR) is 86.5 cm³/mol. The van der Waals surface area contributed by atoms with E-state index >= 15 is 0 Å². The van der Waals surface area contributed by atoms with Gasteiger partial charge >= 0.3 is 0 Å². The Morgan fingerprint density at radius 2 is 1.95 bits per heavy atom. The first-order chi connectivity index (χ1) is 9.95. The number of hydrogen-bond acceptors (Lipinski definition) is 2. The Hall–Kier alpha value is -1.71. The van der Waals surface area contributed by atoms with Crippen LogP contribution in [0.4, 0.5) is 5.69 Å². The maximum absolute atomic E-state index is 11.9. The van der Waals surface area contributed by atoms with Crippen LogP contribution in [0, 0.1) is 13.8 Å². The van der Waals surface area contributed by atoms with Crippen molar-refractivity contribution in [2.75, 3.05) is 11.9 Å². The molecule has 0 aromatic heterocycles. The summed E-state index contributed by atoms with van der Waals surface area (Å²) >= 11 is 11.9. The summed E-state index contributed by atoms with van der Waals surface area (Å²) in [5.74, 6) is 0.228. The van der Waals surface area contributed by atoms with Crippen molar-refractivity contribution < 1.29 is 9.53 Å². The third-order valence-corrected chi connectivity index (χ3v) is 3.34. The van der Waals surface area contributed by atoms with Gasteiger partial charge in [-0.15, -0.1) is 0 Å². The molecular weight excluding hydrogens is 309 g/mol. The minimum Gasteiger partial charge on any atom is -0.482 e. The van der Waals surface area contributed by atoms with Gasteiger partial charge in [-0.2, -0.15) is 0 Å². The molecular formula is C16H15Cl2NO2. The Morgan fingerprint density at radius 3 is 2.62 bits per heavy atom. The van der Waals surface area contributed by atoms with Crippen LogP contribution in [-0.2, 0) is 4.79 Å². The maximum atomic E-state index is 11.9. The smallest absolute Gasteiger partial charge is 0.262 e. The summed E-state index contributed by atoms with van der Waals surface area (Å²) in [5, 5.41) is 3.70. The minimum atomic E-state index is -0.244. The standard InChI is InChI=1S/C16H15Cl2NO2/c1-10-4-3-5-13(6-10)19-15(20)9-21-16-11(2)7-12(17)8-14(16)18/h3-8H,9H2,1-2H3,(H,19,20). The van der Waals surface area contributed by atoms with E-state index in [1.807, 2.05) is 38.1 Å². The van der Waals surface area contributed by atoms with Gasteiger partial charge in [-0.25, -0.2) is 0 Å². The Bertz CT molecular complexity index is 648. The maximum Gasteiger partial charge on any atom is 0.262 e. The molecule has 1 N–H and O–H groups in total. The van der Waals surface area contributed by atoms with E-state index in [0.29, 0.717) is 15.8 Å². The van der Waals surface area contributed by atoms with Gasteiger partial charge in [0.15, 0.2) is 6.61 Å². The zero-order valence-electron chi connectivity index (χ0n) is 11.7. The first-order valence-corrected chi connectivity index (χ1v) is 7.16. The van der Waals surface area contributed by atoms with Crippen LogP contribution < -0.4 is 10.1 Å². The molecule has 0 saturated carbocycles. The summed E-state index contributed by atoms with van der Waals surface area (Å²) in [4.78, 5) is 11.9. The van der Waals surface area contributed by atoms with Gasteiger partial charge in [-0.05, 0) is 49.2 Å². The zero-order valence-corrected chi connectivity index (χ0v) is 13.3. The average Bonchev–Trinajstić information content (AvgIpc) is 2.37. The number of nitrogens with one attached hydrogen (secondary N) is 1. The minimum absolute atomic E-state index is 0.115. The third kappa shape index (κ3) is 4.38. The average molecular weight is 324 g/mol. The molecule has 2 aromatic rings. The van der Waals surface area contributed by atoms with Crippen molar-refractivity contribution in [3.05, 3.63) is 57.6 Å². The molecule has 5 heteroatoms. The van der Waals surface area contributed by atoms with Crippen molar-refractivity contribution >= 4 is 34.8 Å². The number of ether oxygens (including phenoxy) is 1. The second-order valence-corrected chi connectivity index (χ2v) is 5.58. The summed E-state index contributed by atoms with van der Waals surface area (Å²) in [7, 11) is 0. The molecule has 2 rings (SSSR count). The summed E-state index contributed by atoms with van der Waals surface area (Å²) in [6.07, 6.45) is 0. The molecule has 0 spiro atoms. The molecule has 0 aliphatic carbocycles. The Balaban J connectivity index is 1.99. The number of carbonyl (C=O) groups is 1. The predicted octanol–water partition coefficient (Wildman–Crippen LogP) is 4.63. The number of anilines is 1. The van der Waals surface area contributed by atoms with Gasteiger partial charge in [0.25, 0.3) is 5.91 Å². The summed E-state index contributed by atoms with van der Waals surface area (Å²) in [6.45, 7) is 3.67. The van der Waals surface area contributed by atoms with Crippen LogP contribution in [0.25, 0.3) is 0 Å². The number of carbonyl (C=O) groups excluding carboxylic acids is 1. The molecule has 1 amide bonds. The Labute approximate surface area is 133 Å². The summed E-state index contributed by atoms with van der Waals surface area (Å²) < 4.78 is 5.48. The molecule has 2 aromatic carbocycles. The van der Waals surface area contributed by atoms with E-state index in [-0.39, 0.29) is 12.5 Å². The largest absolute Gasteiger partial charge is 0.482 e. The highest BCUT2D eigenvalue weighted by atomic mass is 35.5. The van der Waals surface area contributed by atoms with Gasteiger partial charge in [0.1, 0.15) is 5.75 Å². The lowest BCUT2D eigenvalue weighted by Gasteiger charge is -2.11. The van der Waals surface area contributed by atoms with Crippen LogP contribution in [0.2, 0.25) is 10.0 Å². The Morgan fingerprint density at radius 1 is 1.19 bits per heavy atom. The molecule has 0 unspecified atom stereocenters. The molecule has 0 heterocycles. The monoisotopic (exact) mass is 323 g/mol. The van der Waals surface area contributed by atoms with Crippen molar-refractivity contribution in [1.29, 1.82) is 0 Å². The van der Waals surface area contributed by atoms with Gasteiger partial charge in [-0.1, -0.05) is 35.3 Å². The highest BCUT2D eigenvalue weighted by Gasteiger charge is 2.10. The van der Waals surface area contributed by atoms with Gasteiger partial charge in [0.05, 0.1) is 5.02 Å². The number of halogens is 2. The molecule has 0 aliphatic heterocycles. The second kappa shape index (κ2) is 6.83. The number of hydrogen-bond donors (Lipinski definition) is 1. The second-order valence-electron chi connectivity index (χ2n) is 4.74. The lowest BCUT2D eigenvalue weighted by Crippen LogP contribution is -2.20. The fourth-order valence-corrected chi connectivity index (χ4v) is 2.58. The van der Waals surface area contributed by atoms with Crippen LogP contribution >= 0.6 is 23.2 Å². The van der Waals surface area contributed by atoms with Crippen molar-refractivity contribution in [2.24, 2.45) is 0 Å². The number of aryl methyl sites for hydroxylation is 2. The van der Waals surface area contributed by atoms with Crippen molar-refractivity contribution in [1.82, 2.24) is 0 Å². The SMILES string of the molecule is Cc1cccc(NC(=O)COc2c(C)cc(Cl)cc2Cl)c1. The van der Waals surface area contributed by atoms with Gasteiger partial charge in [0.2, 0.25) is 0 Å². The molecule has 0 radical (unpaired) electrons. The lowest BCUT2D eigenvalue weighted by atomic mass is 10.2. The van der Waals surface area contributed by atoms with Crippen molar-refractivity contribution in [3.8, 4) is 5.75 Å². The fourth-order valence-electron chi connectivity index (χ4n) is 1.93. The Kier molecular flexibility index (Phi) is 5.10. The van der Waals surface area contributed by atoms with E-state index in [4.69, 9.17) is 27.9 Å². The normalized spacial score (nSPS) is 10.3. The van der Waals surface area contributed by atoms with Crippen molar-refractivity contribution in [3.63, 3.8) is 0 Å². The first-order valence-electron chi connectivity index (χ1n) is 6.40. The molecule has 0 bridgehead atoms. The number of rotatable bonds is 4. The van der Waals surface area contributed by atoms with Crippen LogP contribution in [0.5, 0.6) is 5.75 Å². The molecule has 21 heavy (non-hydrogen) atoms. The van der Waals surface area contributed by atoms with Crippen LogP contribution in [0.15, 0.2) is 36.4 Å². The summed E-state index contributed by atoms with van der Waals surface area (Å²) in [6, 6.07) is 10.9. The van der Waals surface area contributed by atoms with Crippen molar-refractivity contribution in [2.45, 2.75) is 13.8 Å². The van der Waals surface area contributed by atoms with Gasteiger partial charge < -0.3 is 10.1 Å². The van der Waals surface area contributed by atoms with Crippen LogP contribution in [0.1, 0.15) is 11.1 Å². The highest BCUT2D eigenvalue weighted by molar-refractivity contribution is 6.35. The first kappa shape index (κ1) is 15.7. The zero-order chi connectivity index (χ0) is 15.4. The van der Waals surface area contributed by atoms with E-state index in [2.05, 4.69) is 5.32 Å². The lowest BCUT2D eigenvalue weighted by molar-refractivity contribution is -0.118. The van der Waals surface area contributed by atoms with E-state index < -0.39 is 0 Å². The highest BCUT2D eigenvalue weighted by Crippen LogP contribution is 2.31. The molecule has 0 fully saturated rings. The van der Waals surface area contributed by atoms with E-state index in [0.717, 1.165) is 16.8 Å². The van der Waals surface area contributed by atoms with Gasteiger partial charge in [0, 0.05) is 10.7 Å². The van der Waals surface area contributed by atoms with E-state index in [1.165, 1.54) is 0 Å². The van der Waals surface area contributed by atoms with E-state index in [1.54, 1.807) is 12.1 Å². The third-order valence-electron chi connectivity index (χ3n) is 2.84. The van der Waals surface area contributed by atoms with Crippen LogP contribution in [-0.4, -0.2) is 12.5 Å². The molecule has 110 valence electrons. The molecule has 0 atom stereocenters. The topological polar surface area (TPSA) is 38.3 Å². The molecule has 0 aliphatic rings. The number of amides is 1. The molecule has 0 saturated heterocycles. The van der Waals surface area contributed by atoms with Gasteiger partial charge in [-0.3, -0.25) is 4.79 Å². The van der Waals surface area contributed by atoms with E-state index in [9.17, 15) is 4.79 Å². The fraction of sp³-hybridized carbons (Fsp3) is 0.188. The van der Waals surface area contributed by atoms with Crippen LogP contribution in [0.3, 0.4) is 0 Å².